The van der Waals surface area contributed by atoms with Crippen molar-refractivity contribution in [2.75, 3.05) is 0 Å². The van der Waals surface area contributed by atoms with Crippen LogP contribution in [0.5, 0.6) is 0 Å². The Balaban J connectivity index is 0.000000917. The van der Waals surface area contributed by atoms with Crippen molar-refractivity contribution in [2.45, 2.75) is 13.2 Å². The molecule has 0 aliphatic carbocycles. The third-order valence-electron chi connectivity index (χ3n) is 2.22. The molecule has 0 unspecified atom stereocenters. The van der Waals surface area contributed by atoms with Gasteiger partial charge in [0.15, 0.2) is 0 Å². The maximum absolute atomic E-state index is 5.61. The van der Waals surface area contributed by atoms with Crippen LogP contribution in [0.3, 0.4) is 0 Å². The molecule has 96 valence electrons. The first-order valence-electron chi connectivity index (χ1n) is 5.61. The monoisotopic (exact) mass is 244 g/mol. The van der Waals surface area contributed by atoms with Gasteiger partial charge in [-0.2, -0.15) is 0 Å². The third-order valence-corrected chi connectivity index (χ3v) is 2.22. The van der Waals surface area contributed by atoms with Gasteiger partial charge in [-0.25, -0.2) is 0 Å². The fourth-order valence-corrected chi connectivity index (χ4v) is 1.44. The van der Waals surface area contributed by atoms with Crippen LogP contribution in [0.2, 0.25) is 0 Å². The highest BCUT2D eigenvalue weighted by molar-refractivity contribution is 5.15. The minimum absolute atomic E-state index is 0. The van der Waals surface area contributed by atoms with Crippen molar-refractivity contribution >= 4 is 0 Å². The van der Waals surface area contributed by atoms with Crippen LogP contribution in [0, 0.1) is 0 Å². The van der Waals surface area contributed by atoms with Gasteiger partial charge in [0.25, 0.3) is 0 Å². The molecule has 0 aliphatic heterocycles. The standard InChI is InChI=1S/C14H14O.C2H4.H2O/c1-3-7-13(8-4-1)11-15-12-14-9-5-2-6-10-14;1-2;/h1-10H,11-12H2;1-2H2;1H2. The van der Waals surface area contributed by atoms with E-state index >= 15 is 0 Å². The highest BCUT2D eigenvalue weighted by Crippen LogP contribution is 2.05. The first kappa shape index (κ1) is 16.1. The van der Waals surface area contributed by atoms with Crippen molar-refractivity contribution in [2.24, 2.45) is 0 Å². The largest absolute Gasteiger partial charge is 0.412 e. The SMILES string of the molecule is C=C.O.c1ccc(COCc2ccccc2)cc1. The van der Waals surface area contributed by atoms with Gasteiger partial charge in [-0.05, 0) is 11.1 Å². The molecular weight excluding hydrogens is 224 g/mol. The molecule has 0 amide bonds. The Morgan fingerprint density at radius 1 is 0.667 bits per heavy atom. The normalized spacial score (nSPS) is 8.67. The molecule has 18 heavy (non-hydrogen) atoms. The van der Waals surface area contributed by atoms with Crippen LogP contribution in [0.25, 0.3) is 0 Å². The summed E-state index contributed by atoms with van der Waals surface area (Å²) < 4.78 is 5.61. The van der Waals surface area contributed by atoms with E-state index < -0.39 is 0 Å². The maximum Gasteiger partial charge on any atom is 0.0721 e. The van der Waals surface area contributed by atoms with Crippen molar-refractivity contribution in [3.05, 3.63) is 84.9 Å². The van der Waals surface area contributed by atoms with Crippen LogP contribution in [0.15, 0.2) is 73.8 Å². The Morgan fingerprint density at radius 3 is 1.33 bits per heavy atom. The van der Waals surface area contributed by atoms with E-state index in [4.69, 9.17) is 4.74 Å². The number of rotatable bonds is 4. The number of hydrogen-bond acceptors (Lipinski definition) is 1. The smallest absolute Gasteiger partial charge is 0.0721 e. The predicted octanol–water partition coefficient (Wildman–Crippen LogP) is 3.38. The van der Waals surface area contributed by atoms with Crippen molar-refractivity contribution in [3.8, 4) is 0 Å². The quantitative estimate of drug-likeness (QED) is 0.760. The average Bonchev–Trinajstić information content (AvgIpc) is 2.43. The van der Waals surface area contributed by atoms with E-state index in [1.54, 1.807) is 0 Å². The summed E-state index contributed by atoms with van der Waals surface area (Å²) in [6.45, 7) is 7.35. The molecule has 2 heteroatoms. The van der Waals surface area contributed by atoms with Gasteiger partial charge in [0.1, 0.15) is 0 Å². The second-order valence-electron chi connectivity index (χ2n) is 3.46. The number of hydrogen-bond donors (Lipinski definition) is 0. The summed E-state index contributed by atoms with van der Waals surface area (Å²) in [4.78, 5) is 0. The molecule has 0 saturated heterocycles. The zero-order valence-electron chi connectivity index (χ0n) is 10.5. The van der Waals surface area contributed by atoms with Crippen LogP contribution < -0.4 is 0 Å². The molecule has 2 N–H and O–H groups in total. The van der Waals surface area contributed by atoms with E-state index in [1.807, 2.05) is 36.4 Å². The Labute approximate surface area is 109 Å². The van der Waals surface area contributed by atoms with Crippen LogP contribution >= 0.6 is 0 Å². The van der Waals surface area contributed by atoms with Crippen molar-refractivity contribution in [1.82, 2.24) is 0 Å². The lowest BCUT2D eigenvalue weighted by Gasteiger charge is -2.03. The van der Waals surface area contributed by atoms with Crippen molar-refractivity contribution in [1.29, 1.82) is 0 Å². The fourth-order valence-electron chi connectivity index (χ4n) is 1.44. The Bertz CT molecular complexity index is 358. The highest BCUT2D eigenvalue weighted by Gasteiger charge is 1.93. The molecule has 2 nitrogen and oxygen atoms in total. The summed E-state index contributed by atoms with van der Waals surface area (Å²) >= 11 is 0. The van der Waals surface area contributed by atoms with Crippen LogP contribution in [-0.2, 0) is 18.0 Å². The Hall–Kier alpha value is -1.90. The van der Waals surface area contributed by atoms with Crippen molar-refractivity contribution < 1.29 is 10.2 Å². The van der Waals surface area contributed by atoms with E-state index in [0.29, 0.717) is 13.2 Å². The van der Waals surface area contributed by atoms with Gasteiger partial charge in [-0.3, -0.25) is 0 Å². The second-order valence-corrected chi connectivity index (χ2v) is 3.46. The van der Waals surface area contributed by atoms with Gasteiger partial charge in [0.2, 0.25) is 0 Å². The molecule has 0 atom stereocenters. The molecule has 0 fully saturated rings. The van der Waals surface area contributed by atoms with E-state index in [1.165, 1.54) is 11.1 Å². The molecule has 0 saturated carbocycles. The lowest BCUT2D eigenvalue weighted by molar-refractivity contribution is 0.107. The predicted molar refractivity (Wildman–Crippen MR) is 76.2 cm³/mol. The van der Waals surface area contributed by atoms with Gasteiger partial charge in [0, 0.05) is 0 Å². The molecule has 2 aromatic rings. The molecule has 0 aromatic heterocycles. The molecule has 0 heterocycles. The summed E-state index contributed by atoms with van der Waals surface area (Å²) in [7, 11) is 0. The van der Waals surface area contributed by atoms with Gasteiger partial charge >= 0.3 is 0 Å². The minimum Gasteiger partial charge on any atom is -0.412 e. The number of benzene rings is 2. The summed E-state index contributed by atoms with van der Waals surface area (Å²) in [5.74, 6) is 0. The highest BCUT2D eigenvalue weighted by atomic mass is 16.5. The zero-order chi connectivity index (χ0) is 12.3. The lowest BCUT2D eigenvalue weighted by atomic mass is 10.2. The van der Waals surface area contributed by atoms with E-state index in [-0.39, 0.29) is 5.48 Å². The van der Waals surface area contributed by atoms with Crippen molar-refractivity contribution in [3.63, 3.8) is 0 Å². The van der Waals surface area contributed by atoms with E-state index in [9.17, 15) is 0 Å². The summed E-state index contributed by atoms with van der Waals surface area (Å²) in [5, 5.41) is 0. The maximum atomic E-state index is 5.61. The van der Waals surface area contributed by atoms with Crippen LogP contribution in [-0.4, -0.2) is 5.48 Å². The molecule has 0 radical (unpaired) electrons. The number of ether oxygens (including phenoxy) is 1. The zero-order valence-corrected chi connectivity index (χ0v) is 10.5. The second kappa shape index (κ2) is 10.3. The molecule has 2 aromatic carbocycles. The van der Waals surface area contributed by atoms with E-state index in [2.05, 4.69) is 37.4 Å². The molecule has 0 aliphatic rings. The summed E-state index contributed by atoms with van der Waals surface area (Å²) in [5.41, 5.74) is 2.43. The molecule has 2 rings (SSSR count). The topological polar surface area (TPSA) is 40.7 Å². The molecule has 0 bridgehead atoms. The van der Waals surface area contributed by atoms with E-state index in [0.717, 1.165) is 0 Å². The minimum atomic E-state index is 0. The molecular formula is C16H20O2. The van der Waals surface area contributed by atoms with Gasteiger partial charge < -0.3 is 10.2 Å². The average molecular weight is 244 g/mol. The van der Waals surface area contributed by atoms with Crippen LogP contribution in [0.1, 0.15) is 11.1 Å². The first-order chi connectivity index (χ1) is 8.45. The van der Waals surface area contributed by atoms with Gasteiger partial charge in [0.05, 0.1) is 13.2 Å². The van der Waals surface area contributed by atoms with Gasteiger partial charge in [-0.15, -0.1) is 13.2 Å². The summed E-state index contributed by atoms with van der Waals surface area (Å²) in [6.07, 6.45) is 0. The Morgan fingerprint density at radius 2 is 1.00 bits per heavy atom. The third kappa shape index (κ3) is 5.99. The fraction of sp³-hybridized carbons (Fsp3) is 0.125. The molecule has 0 spiro atoms. The van der Waals surface area contributed by atoms with Crippen LogP contribution in [0.4, 0.5) is 0 Å². The summed E-state index contributed by atoms with van der Waals surface area (Å²) in [6, 6.07) is 20.4. The lowest BCUT2D eigenvalue weighted by Crippen LogP contribution is -1.93. The Kier molecular flexibility index (Phi) is 9.18. The van der Waals surface area contributed by atoms with Gasteiger partial charge in [-0.1, -0.05) is 60.7 Å². The first-order valence-corrected chi connectivity index (χ1v) is 5.61.